The molecule has 0 atom stereocenters. The van der Waals surface area contributed by atoms with Gasteiger partial charge in [-0.1, -0.05) is 0 Å². The number of hydrazine groups is 1. The van der Waals surface area contributed by atoms with E-state index in [0.717, 1.165) is 11.4 Å². The maximum atomic E-state index is 8.68. The molecule has 18 heavy (non-hydrogen) atoms. The monoisotopic (exact) mass is 239 g/mol. The average molecular weight is 239 g/mol. The molecule has 6 N–H and O–H groups in total. The lowest BCUT2D eigenvalue weighted by atomic mass is 10.2. The molecule has 5 nitrogen and oxygen atoms in total. The summed E-state index contributed by atoms with van der Waals surface area (Å²) in [6, 6.07) is 14.4. The summed E-state index contributed by atoms with van der Waals surface area (Å²) in [5, 5.41) is 8.68. The highest BCUT2D eigenvalue weighted by molar-refractivity contribution is 5.72. The number of nitriles is 1. The molecule has 0 saturated carbocycles. The van der Waals surface area contributed by atoms with E-state index in [1.165, 1.54) is 0 Å². The summed E-state index contributed by atoms with van der Waals surface area (Å²) in [5.41, 5.74) is 20.8. The largest absolute Gasteiger partial charge is 0.399 e. The number of nitrogens with two attached hydrogens (primary N) is 2. The number of hydrogen-bond donors (Lipinski definition) is 4. The van der Waals surface area contributed by atoms with Crippen LogP contribution in [0.25, 0.3) is 0 Å². The van der Waals surface area contributed by atoms with E-state index in [-0.39, 0.29) is 0 Å². The molecule has 0 unspecified atom stereocenters. The highest BCUT2D eigenvalue weighted by atomic mass is 15.4. The molecule has 2 aromatic rings. The van der Waals surface area contributed by atoms with Crippen LogP contribution in [0.4, 0.5) is 22.7 Å². The zero-order chi connectivity index (χ0) is 13.0. The van der Waals surface area contributed by atoms with Gasteiger partial charge in [0.15, 0.2) is 0 Å². The van der Waals surface area contributed by atoms with Crippen molar-refractivity contribution >= 4 is 22.7 Å². The predicted octanol–water partition coefficient (Wildman–Crippen LogP) is 2.16. The quantitative estimate of drug-likeness (QED) is 0.486. The lowest BCUT2D eigenvalue weighted by molar-refractivity contribution is 1.40. The fraction of sp³-hybridized carbons (Fsp3) is 0. The number of benzene rings is 2. The molecule has 5 heteroatoms. The number of hydrogen-bond acceptors (Lipinski definition) is 5. The van der Waals surface area contributed by atoms with Gasteiger partial charge in [-0.3, -0.25) is 5.43 Å². The topological polar surface area (TPSA) is 99.9 Å². The summed E-state index contributed by atoms with van der Waals surface area (Å²) in [5.74, 6) is 0. The molecule has 2 rings (SSSR count). The number of nitrogen functional groups attached to an aromatic ring is 2. The van der Waals surface area contributed by atoms with Gasteiger partial charge in [-0.2, -0.15) is 5.26 Å². The number of nitrogens with one attached hydrogen (secondary N) is 2. The normalized spacial score (nSPS) is 9.50. The Kier molecular flexibility index (Phi) is 3.21. The first-order chi connectivity index (χ1) is 8.69. The summed E-state index contributed by atoms with van der Waals surface area (Å²) in [4.78, 5) is 0. The summed E-state index contributed by atoms with van der Waals surface area (Å²) in [7, 11) is 0. The first kappa shape index (κ1) is 11.6. The van der Waals surface area contributed by atoms with Gasteiger partial charge in [0.25, 0.3) is 0 Å². The summed E-state index contributed by atoms with van der Waals surface area (Å²) in [6.07, 6.45) is 0. The lowest BCUT2D eigenvalue weighted by Crippen LogP contribution is -2.10. The highest BCUT2D eigenvalue weighted by Crippen LogP contribution is 2.21. The highest BCUT2D eigenvalue weighted by Gasteiger charge is 1.99. The van der Waals surface area contributed by atoms with Crippen LogP contribution >= 0.6 is 0 Å². The van der Waals surface area contributed by atoms with Gasteiger partial charge in [-0.05, 0) is 42.5 Å². The minimum Gasteiger partial charge on any atom is -0.399 e. The van der Waals surface area contributed by atoms with Gasteiger partial charge in [0, 0.05) is 5.69 Å². The number of nitrogens with zero attached hydrogens (tertiary/aromatic N) is 1. The van der Waals surface area contributed by atoms with Gasteiger partial charge < -0.3 is 16.9 Å². The Morgan fingerprint density at radius 3 is 2.28 bits per heavy atom. The minimum absolute atomic E-state index is 0.566. The van der Waals surface area contributed by atoms with Crippen molar-refractivity contribution in [2.24, 2.45) is 0 Å². The predicted molar refractivity (Wildman–Crippen MR) is 73.7 cm³/mol. The van der Waals surface area contributed by atoms with Crippen LogP contribution in [0.1, 0.15) is 5.56 Å². The maximum Gasteiger partial charge on any atom is 0.0991 e. The molecule has 0 saturated heterocycles. The van der Waals surface area contributed by atoms with E-state index < -0.39 is 0 Å². The van der Waals surface area contributed by atoms with Crippen molar-refractivity contribution in [3.8, 4) is 6.07 Å². The van der Waals surface area contributed by atoms with Crippen LogP contribution in [0.5, 0.6) is 0 Å². The molecule has 90 valence electrons. The van der Waals surface area contributed by atoms with Gasteiger partial charge in [0.2, 0.25) is 0 Å². The molecule has 0 bridgehead atoms. The Labute approximate surface area is 105 Å². The van der Waals surface area contributed by atoms with Gasteiger partial charge in [0.1, 0.15) is 0 Å². The Balaban J connectivity index is 2.04. The van der Waals surface area contributed by atoms with Crippen LogP contribution in [0.15, 0.2) is 42.5 Å². The molecule has 0 aromatic heterocycles. The Morgan fingerprint density at radius 2 is 1.67 bits per heavy atom. The number of rotatable bonds is 3. The smallest absolute Gasteiger partial charge is 0.0991 e. The second kappa shape index (κ2) is 4.97. The molecule has 0 aliphatic rings. The SMILES string of the molecule is N#Cc1ccc(NNc2ccc(N)cc2N)cc1. The second-order valence-electron chi connectivity index (χ2n) is 3.79. The zero-order valence-corrected chi connectivity index (χ0v) is 9.64. The van der Waals surface area contributed by atoms with E-state index >= 15 is 0 Å². The fourth-order valence-electron chi connectivity index (χ4n) is 1.46. The molecule has 0 spiro atoms. The van der Waals surface area contributed by atoms with Crippen LogP contribution in [-0.4, -0.2) is 0 Å². The van der Waals surface area contributed by atoms with Crippen LogP contribution in [0.2, 0.25) is 0 Å². The van der Waals surface area contributed by atoms with Crippen LogP contribution in [-0.2, 0) is 0 Å². The lowest BCUT2D eigenvalue weighted by Gasteiger charge is -2.12. The third-order valence-electron chi connectivity index (χ3n) is 2.43. The molecule has 0 fully saturated rings. The van der Waals surface area contributed by atoms with E-state index in [9.17, 15) is 0 Å². The third-order valence-corrected chi connectivity index (χ3v) is 2.43. The molecule has 0 aliphatic carbocycles. The first-order valence-corrected chi connectivity index (χ1v) is 5.36. The van der Waals surface area contributed by atoms with Gasteiger partial charge in [-0.25, -0.2) is 0 Å². The zero-order valence-electron chi connectivity index (χ0n) is 9.64. The summed E-state index contributed by atoms with van der Waals surface area (Å²) < 4.78 is 0. The first-order valence-electron chi connectivity index (χ1n) is 5.36. The van der Waals surface area contributed by atoms with Crippen molar-refractivity contribution < 1.29 is 0 Å². The Bertz CT molecular complexity index is 583. The molecular weight excluding hydrogens is 226 g/mol. The third kappa shape index (κ3) is 2.62. The van der Waals surface area contributed by atoms with Gasteiger partial charge in [-0.15, -0.1) is 0 Å². The average Bonchev–Trinajstić information content (AvgIpc) is 2.38. The molecule has 0 aliphatic heterocycles. The maximum absolute atomic E-state index is 8.68. The van der Waals surface area contributed by atoms with Crippen molar-refractivity contribution in [2.75, 3.05) is 22.3 Å². The molecule has 2 aromatic carbocycles. The second-order valence-corrected chi connectivity index (χ2v) is 3.79. The van der Waals surface area contributed by atoms with E-state index in [1.807, 2.05) is 0 Å². The molecule has 0 radical (unpaired) electrons. The van der Waals surface area contributed by atoms with E-state index in [0.29, 0.717) is 16.9 Å². The molecular formula is C13H13N5. The van der Waals surface area contributed by atoms with Crippen LogP contribution < -0.4 is 22.3 Å². The molecule has 0 heterocycles. The molecule has 0 amide bonds. The van der Waals surface area contributed by atoms with Crippen molar-refractivity contribution in [3.05, 3.63) is 48.0 Å². The van der Waals surface area contributed by atoms with E-state index in [1.54, 1.807) is 42.5 Å². The standard InChI is InChI=1S/C13H13N5/c14-8-9-1-4-11(5-2-9)17-18-13-6-3-10(15)7-12(13)16/h1-7,17-18H,15-16H2. The van der Waals surface area contributed by atoms with Crippen molar-refractivity contribution in [1.82, 2.24) is 0 Å². The van der Waals surface area contributed by atoms with Crippen molar-refractivity contribution in [2.45, 2.75) is 0 Å². The van der Waals surface area contributed by atoms with E-state index in [4.69, 9.17) is 16.7 Å². The Hall–Kier alpha value is -2.87. The van der Waals surface area contributed by atoms with Crippen LogP contribution in [0, 0.1) is 11.3 Å². The van der Waals surface area contributed by atoms with Gasteiger partial charge >= 0.3 is 0 Å². The Morgan fingerprint density at radius 1 is 0.944 bits per heavy atom. The van der Waals surface area contributed by atoms with Crippen molar-refractivity contribution in [1.29, 1.82) is 5.26 Å². The summed E-state index contributed by atoms with van der Waals surface area (Å²) >= 11 is 0. The minimum atomic E-state index is 0.566. The van der Waals surface area contributed by atoms with Gasteiger partial charge in [0.05, 0.1) is 28.7 Å². The van der Waals surface area contributed by atoms with Crippen molar-refractivity contribution in [3.63, 3.8) is 0 Å². The fourth-order valence-corrected chi connectivity index (χ4v) is 1.46. The number of anilines is 4. The summed E-state index contributed by atoms with van der Waals surface area (Å²) in [6.45, 7) is 0. The van der Waals surface area contributed by atoms with Crippen LogP contribution in [0.3, 0.4) is 0 Å². The van der Waals surface area contributed by atoms with E-state index in [2.05, 4.69) is 16.9 Å².